The zero-order valence-corrected chi connectivity index (χ0v) is 19.2. The van der Waals surface area contributed by atoms with E-state index in [1.54, 1.807) is 12.1 Å². The Morgan fingerprint density at radius 2 is 1.41 bits per heavy atom. The van der Waals surface area contributed by atoms with E-state index >= 15 is 0 Å². The molecule has 2 aliphatic rings. The molecule has 0 spiro atoms. The van der Waals surface area contributed by atoms with E-state index in [0.29, 0.717) is 0 Å². The minimum absolute atomic E-state index is 0.0377. The lowest BCUT2D eigenvalue weighted by atomic mass is 9.84. The van der Waals surface area contributed by atoms with Crippen LogP contribution in [0.15, 0.2) is 102 Å². The first-order chi connectivity index (χ1) is 16.7. The predicted octanol–water partition coefficient (Wildman–Crippen LogP) is 7.82. The molecule has 0 saturated carbocycles. The van der Waals surface area contributed by atoms with Crippen LogP contribution >= 0.6 is 0 Å². The average Bonchev–Trinajstić information content (AvgIpc) is 3.27. The number of non-ortho nitro benzene ring substituents is 1. The Morgan fingerprint density at radius 3 is 2.03 bits per heavy atom. The van der Waals surface area contributed by atoms with Crippen LogP contribution in [0.2, 0.25) is 0 Å². The molecule has 3 aromatic rings. The summed E-state index contributed by atoms with van der Waals surface area (Å²) < 4.78 is 6.78. The third-order valence-electron chi connectivity index (χ3n) is 6.81. The number of nitrogens with zero attached hydrogens (tertiary/aromatic N) is 1. The van der Waals surface area contributed by atoms with Crippen molar-refractivity contribution in [3.05, 3.63) is 129 Å². The lowest BCUT2D eigenvalue weighted by Gasteiger charge is -2.19. The van der Waals surface area contributed by atoms with Crippen molar-refractivity contribution in [2.24, 2.45) is 0 Å². The van der Waals surface area contributed by atoms with Crippen molar-refractivity contribution >= 4 is 11.3 Å². The van der Waals surface area contributed by atoms with Gasteiger partial charge in [0.05, 0.1) is 11.0 Å². The molecule has 2 atom stereocenters. The highest BCUT2D eigenvalue weighted by atomic mass is 16.6. The smallest absolute Gasteiger partial charge is 0.269 e. The van der Waals surface area contributed by atoms with E-state index in [1.807, 2.05) is 24.3 Å². The van der Waals surface area contributed by atoms with Crippen LogP contribution in [-0.2, 0) is 4.74 Å². The summed E-state index contributed by atoms with van der Waals surface area (Å²) in [5.41, 5.74) is 7.01. The van der Waals surface area contributed by atoms with E-state index in [2.05, 4.69) is 54.6 Å². The molecule has 34 heavy (non-hydrogen) atoms. The molecule has 4 heteroatoms. The average molecular weight is 452 g/mol. The Balaban J connectivity index is 1.74. The summed E-state index contributed by atoms with van der Waals surface area (Å²) in [5, 5.41) is 11.2. The van der Waals surface area contributed by atoms with Crippen molar-refractivity contribution in [1.82, 2.24) is 0 Å². The van der Waals surface area contributed by atoms with Gasteiger partial charge in [0, 0.05) is 12.1 Å². The molecule has 1 saturated heterocycles. The number of ether oxygens (including phenoxy) is 1. The zero-order chi connectivity index (χ0) is 23.3. The molecular weight excluding hydrogens is 422 g/mol. The van der Waals surface area contributed by atoms with E-state index in [-0.39, 0.29) is 22.8 Å². The van der Waals surface area contributed by atoms with Gasteiger partial charge in [0.25, 0.3) is 5.69 Å². The minimum atomic E-state index is -0.352. The fourth-order valence-electron chi connectivity index (χ4n) is 5.16. The zero-order valence-electron chi connectivity index (χ0n) is 19.2. The Bertz CT molecular complexity index is 1160. The van der Waals surface area contributed by atoms with Crippen LogP contribution in [0.3, 0.4) is 0 Å². The van der Waals surface area contributed by atoms with Gasteiger partial charge in [0.1, 0.15) is 6.10 Å². The predicted molar refractivity (Wildman–Crippen MR) is 135 cm³/mol. The van der Waals surface area contributed by atoms with Gasteiger partial charge in [0.15, 0.2) is 0 Å². The number of nitro benzene ring substituents is 1. The first-order valence-electron chi connectivity index (χ1n) is 12.2. The summed E-state index contributed by atoms with van der Waals surface area (Å²) in [6.07, 6.45) is 9.02. The van der Waals surface area contributed by atoms with E-state index < -0.39 is 0 Å². The van der Waals surface area contributed by atoms with Gasteiger partial charge in [0.2, 0.25) is 0 Å². The van der Waals surface area contributed by atoms with Gasteiger partial charge in [-0.05, 0) is 64.8 Å². The molecule has 0 aromatic heterocycles. The van der Waals surface area contributed by atoms with E-state index in [4.69, 9.17) is 4.74 Å². The van der Waals surface area contributed by atoms with Crippen LogP contribution in [0.5, 0.6) is 0 Å². The van der Waals surface area contributed by atoms with Crippen LogP contribution in [0.25, 0.3) is 5.57 Å². The van der Waals surface area contributed by atoms with Crippen molar-refractivity contribution in [3.63, 3.8) is 0 Å². The Kier molecular flexibility index (Phi) is 6.68. The summed E-state index contributed by atoms with van der Waals surface area (Å²) in [7, 11) is 0. The molecule has 0 amide bonds. The number of rotatable bonds is 4. The molecule has 0 radical (unpaired) electrons. The maximum absolute atomic E-state index is 11.2. The summed E-state index contributed by atoms with van der Waals surface area (Å²) >= 11 is 0. The van der Waals surface area contributed by atoms with Crippen LogP contribution in [0.4, 0.5) is 5.69 Å². The molecule has 2 unspecified atom stereocenters. The molecular formula is C30H29NO3. The fraction of sp³-hybridized carbons (Fsp3) is 0.267. The lowest BCUT2D eigenvalue weighted by molar-refractivity contribution is -0.384. The Labute approximate surface area is 200 Å². The number of hydrogen-bond donors (Lipinski definition) is 0. The number of fused-ring (bicyclic) bond motifs is 1. The first kappa shape index (κ1) is 22.3. The summed E-state index contributed by atoms with van der Waals surface area (Å²) in [6.45, 7) is 0. The number of allylic oxidation sites excluding steroid dienone is 1. The first-order valence-corrected chi connectivity index (χ1v) is 12.2. The monoisotopic (exact) mass is 451 g/mol. The van der Waals surface area contributed by atoms with Gasteiger partial charge in [-0.15, -0.1) is 0 Å². The van der Waals surface area contributed by atoms with Gasteiger partial charge in [-0.25, -0.2) is 0 Å². The molecule has 5 rings (SSSR count). The quantitative estimate of drug-likeness (QED) is 0.300. The fourth-order valence-corrected chi connectivity index (χ4v) is 5.16. The maximum atomic E-state index is 11.2. The highest BCUT2D eigenvalue weighted by Crippen LogP contribution is 2.49. The van der Waals surface area contributed by atoms with Crippen LogP contribution < -0.4 is 0 Å². The third kappa shape index (κ3) is 4.59. The maximum Gasteiger partial charge on any atom is 0.269 e. The lowest BCUT2D eigenvalue weighted by Crippen LogP contribution is -2.08. The Morgan fingerprint density at radius 1 is 0.794 bits per heavy atom. The third-order valence-corrected chi connectivity index (χ3v) is 6.81. The van der Waals surface area contributed by atoms with Crippen molar-refractivity contribution in [3.8, 4) is 0 Å². The SMILES string of the molecule is O=[N+]([O-])c1ccc(C2OC3CCCCCC/C=C\3C2=C(c2ccccc2)c2ccccc2)cc1. The van der Waals surface area contributed by atoms with Crippen LogP contribution in [0.1, 0.15) is 61.3 Å². The van der Waals surface area contributed by atoms with Crippen molar-refractivity contribution in [2.75, 3.05) is 0 Å². The number of benzene rings is 3. The Hall–Kier alpha value is -3.50. The summed E-state index contributed by atoms with van der Waals surface area (Å²) in [4.78, 5) is 10.9. The molecule has 172 valence electrons. The second-order valence-corrected chi connectivity index (χ2v) is 9.03. The molecule has 1 fully saturated rings. The highest BCUT2D eigenvalue weighted by molar-refractivity contribution is 5.86. The molecule has 1 heterocycles. The number of nitro groups is 1. The van der Waals surface area contributed by atoms with Crippen LogP contribution in [0, 0.1) is 10.1 Å². The standard InChI is InChI=1S/C30H29NO3/c32-31(33)25-20-18-24(19-21-25)30-29(26-16-10-2-1-3-11-17-27(26)34-30)28(22-12-6-4-7-13-22)23-14-8-5-9-15-23/h4-9,12-16,18-21,27,30H,1-3,10-11,17H2/b26-16+. The van der Waals surface area contributed by atoms with Crippen molar-refractivity contribution in [1.29, 1.82) is 0 Å². The normalized spacial score (nSPS) is 22.0. The van der Waals surface area contributed by atoms with Gasteiger partial charge < -0.3 is 4.74 Å². The molecule has 0 bridgehead atoms. The summed E-state index contributed by atoms with van der Waals surface area (Å²) in [6, 6.07) is 27.9. The van der Waals surface area contributed by atoms with Gasteiger partial charge in [-0.3, -0.25) is 10.1 Å². The van der Waals surface area contributed by atoms with Crippen LogP contribution in [-0.4, -0.2) is 11.0 Å². The molecule has 1 aliphatic carbocycles. The molecule has 1 aliphatic heterocycles. The van der Waals surface area contributed by atoms with Gasteiger partial charge >= 0.3 is 0 Å². The van der Waals surface area contributed by atoms with E-state index in [1.165, 1.54) is 36.0 Å². The minimum Gasteiger partial charge on any atom is -0.361 e. The molecule has 3 aromatic carbocycles. The van der Waals surface area contributed by atoms with Gasteiger partial charge in [-0.2, -0.15) is 0 Å². The van der Waals surface area contributed by atoms with Crippen molar-refractivity contribution < 1.29 is 9.66 Å². The van der Waals surface area contributed by atoms with E-state index in [0.717, 1.165) is 36.0 Å². The summed E-state index contributed by atoms with van der Waals surface area (Å²) in [5.74, 6) is 0. The highest BCUT2D eigenvalue weighted by Gasteiger charge is 2.38. The van der Waals surface area contributed by atoms with E-state index in [9.17, 15) is 10.1 Å². The largest absolute Gasteiger partial charge is 0.361 e. The second-order valence-electron chi connectivity index (χ2n) is 9.03. The van der Waals surface area contributed by atoms with Crippen molar-refractivity contribution in [2.45, 2.75) is 50.7 Å². The topological polar surface area (TPSA) is 52.4 Å². The van der Waals surface area contributed by atoms with Gasteiger partial charge in [-0.1, -0.05) is 86.0 Å². The molecule has 4 nitrogen and oxygen atoms in total. The number of hydrogen-bond acceptors (Lipinski definition) is 3. The molecule has 0 N–H and O–H groups in total. The second kappa shape index (κ2) is 10.2.